The Bertz CT molecular complexity index is 792. The number of carbonyl (C=O) groups excluding carboxylic acids is 1. The van der Waals surface area contributed by atoms with Crippen molar-refractivity contribution >= 4 is 17.3 Å². The third kappa shape index (κ3) is 4.14. The fourth-order valence-electron chi connectivity index (χ4n) is 4.34. The Labute approximate surface area is 167 Å². The SMILES string of the molecule is COc1ccc(Nc2ccccc2C(=O)N2CCN(C3CCCC3)CC2)cc1. The fraction of sp³-hybridized carbons (Fsp3) is 0.435. The predicted molar refractivity (Wildman–Crippen MR) is 112 cm³/mol. The zero-order chi connectivity index (χ0) is 19.3. The average molecular weight is 380 g/mol. The van der Waals surface area contributed by atoms with Gasteiger partial charge in [-0.2, -0.15) is 0 Å². The maximum Gasteiger partial charge on any atom is 0.256 e. The van der Waals surface area contributed by atoms with Crippen LogP contribution in [0.15, 0.2) is 48.5 Å². The molecule has 1 saturated heterocycles. The van der Waals surface area contributed by atoms with Crippen molar-refractivity contribution in [2.24, 2.45) is 0 Å². The largest absolute Gasteiger partial charge is 0.497 e. The maximum atomic E-state index is 13.2. The number of hydrogen-bond donors (Lipinski definition) is 1. The number of hydrogen-bond acceptors (Lipinski definition) is 4. The van der Waals surface area contributed by atoms with E-state index in [1.54, 1.807) is 7.11 Å². The van der Waals surface area contributed by atoms with Crippen molar-refractivity contribution in [3.05, 3.63) is 54.1 Å². The quantitative estimate of drug-likeness (QED) is 0.848. The lowest BCUT2D eigenvalue weighted by molar-refractivity contribution is 0.0574. The van der Waals surface area contributed by atoms with Gasteiger partial charge in [0.25, 0.3) is 5.91 Å². The first-order valence-electron chi connectivity index (χ1n) is 10.3. The van der Waals surface area contributed by atoms with Crippen LogP contribution in [0.4, 0.5) is 11.4 Å². The number of methoxy groups -OCH3 is 1. The Kier molecular flexibility index (Phi) is 5.81. The van der Waals surface area contributed by atoms with Crippen LogP contribution in [0.2, 0.25) is 0 Å². The highest BCUT2D eigenvalue weighted by Gasteiger charge is 2.28. The second-order valence-electron chi connectivity index (χ2n) is 7.67. The van der Waals surface area contributed by atoms with E-state index in [1.165, 1.54) is 25.7 Å². The van der Waals surface area contributed by atoms with Crippen molar-refractivity contribution in [3.8, 4) is 5.75 Å². The van der Waals surface area contributed by atoms with Crippen LogP contribution in [0.5, 0.6) is 5.75 Å². The summed E-state index contributed by atoms with van der Waals surface area (Å²) in [5.74, 6) is 0.928. The molecule has 2 aromatic carbocycles. The molecule has 5 nitrogen and oxygen atoms in total. The Morgan fingerprint density at radius 1 is 0.964 bits per heavy atom. The molecule has 1 aliphatic heterocycles. The summed E-state index contributed by atoms with van der Waals surface area (Å²) in [5, 5.41) is 3.38. The maximum absolute atomic E-state index is 13.2. The second-order valence-corrected chi connectivity index (χ2v) is 7.67. The average Bonchev–Trinajstić information content (AvgIpc) is 3.29. The summed E-state index contributed by atoms with van der Waals surface area (Å²) in [6.07, 6.45) is 5.35. The molecular weight excluding hydrogens is 350 g/mol. The van der Waals surface area contributed by atoms with Gasteiger partial charge in [-0.1, -0.05) is 25.0 Å². The minimum atomic E-state index is 0.114. The summed E-state index contributed by atoms with van der Waals surface area (Å²) in [5.41, 5.74) is 2.51. The van der Waals surface area contributed by atoms with E-state index in [0.717, 1.165) is 54.9 Å². The molecule has 0 atom stereocenters. The molecule has 0 radical (unpaired) electrons. The smallest absolute Gasteiger partial charge is 0.256 e. The Hall–Kier alpha value is -2.53. The minimum absolute atomic E-state index is 0.114. The predicted octanol–water partition coefficient (Wildman–Crippen LogP) is 4.14. The minimum Gasteiger partial charge on any atom is -0.497 e. The normalized spacial score (nSPS) is 18.2. The van der Waals surface area contributed by atoms with E-state index in [-0.39, 0.29) is 5.91 Å². The number of para-hydroxylation sites is 1. The van der Waals surface area contributed by atoms with Gasteiger partial charge in [-0.15, -0.1) is 0 Å². The molecule has 28 heavy (non-hydrogen) atoms. The van der Waals surface area contributed by atoms with Crippen molar-refractivity contribution in [2.75, 3.05) is 38.6 Å². The van der Waals surface area contributed by atoms with Crippen molar-refractivity contribution in [1.82, 2.24) is 9.80 Å². The third-order valence-electron chi connectivity index (χ3n) is 5.97. The summed E-state index contributed by atoms with van der Waals surface area (Å²) in [7, 11) is 1.66. The molecule has 5 heteroatoms. The number of nitrogens with zero attached hydrogens (tertiary/aromatic N) is 2. The molecule has 0 aromatic heterocycles. The summed E-state index contributed by atoms with van der Waals surface area (Å²) in [6.45, 7) is 3.60. The lowest BCUT2D eigenvalue weighted by atomic mass is 10.1. The molecule has 1 heterocycles. The molecule has 0 unspecified atom stereocenters. The van der Waals surface area contributed by atoms with Gasteiger partial charge in [0.1, 0.15) is 5.75 Å². The van der Waals surface area contributed by atoms with Gasteiger partial charge in [0.2, 0.25) is 0 Å². The Balaban J connectivity index is 1.43. The number of nitrogens with one attached hydrogen (secondary N) is 1. The molecule has 1 aliphatic carbocycles. The highest BCUT2D eigenvalue weighted by atomic mass is 16.5. The van der Waals surface area contributed by atoms with E-state index in [9.17, 15) is 4.79 Å². The van der Waals surface area contributed by atoms with E-state index in [0.29, 0.717) is 0 Å². The molecule has 148 valence electrons. The van der Waals surface area contributed by atoms with Crippen LogP contribution >= 0.6 is 0 Å². The zero-order valence-electron chi connectivity index (χ0n) is 16.6. The number of anilines is 2. The van der Waals surface area contributed by atoms with E-state index in [1.807, 2.05) is 53.4 Å². The van der Waals surface area contributed by atoms with E-state index in [4.69, 9.17) is 4.74 Å². The summed E-state index contributed by atoms with van der Waals surface area (Å²) in [4.78, 5) is 17.8. The summed E-state index contributed by atoms with van der Waals surface area (Å²) < 4.78 is 5.21. The van der Waals surface area contributed by atoms with Crippen molar-refractivity contribution in [3.63, 3.8) is 0 Å². The molecule has 0 spiro atoms. The third-order valence-corrected chi connectivity index (χ3v) is 5.97. The van der Waals surface area contributed by atoms with Crippen molar-refractivity contribution < 1.29 is 9.53 Å². The highest BCUT2D eigenvalue weighted by Crippen LogP contribution is 2.26. The fourth-order valence-corrected chi connectivity index (χ4v) is 4.34. The topological polar surface area (TPSA) is 44.8 Å². The molecule has 1 saturated carbocycles. The Morgan fingerprint density at radius 2 is 1.64 bits per heavy atom. The first kappa shape index (κ1) is 18.8. The van der Waals surface area contributed by atoms with Crippen LogP contribution in [0, 0.1) is 0 Å². The van der Waals surface area contributed by atoms with E-state index < -0.39 is 0 Å². The molecule has 1 N–H and O–H groups in total. The van der Waals surface area contributed by atoms with Crippen LogP contribution in [0.3, 0.4) is 0 Å². The van der Waals surface area contributed by atoms with Gasteiger partial charge in [0.05, 0.1) is 18.4 Å². The molecule has 2 aromatic rings. The van der Waals surface area contributed by atoms with Crippen LogP contribution in [-0.4, -0.2) is 55.0 Å². The number of rotatable bonds is 5. The molecular formula is C23H29N3O2. The molecule has 0 bridgehead atoms. The van der Waals surface area contributed by atoms with Crippen LogP contribution in [0.25, 0.3) is 0 Å². The van der Waals surface area contributed by atoms with Gasteiger partial charge in [-0.05, 0) is 49.2 Å². The summed E-state index contributed by atoms with van der Waals surface area (Å²) >= 11 is 0. The van der Waals surface area contributed by atoms with Gasteiger partial charge < -0.3 is 15.0 Å². The van der Waals surface area contributed by atoms with Crippen molar-refractivity contribution in [2.45, 2.75) is 31.7 Å². The van der Waals surface area contributed by atoms with Crippen LogP contribution in [0.1, 0.15) is 36.0 Å². The first-order valence-corrected chi connectivity index (χ1v) is 10.3. The van der Waals surface area contributed by atoms with Gasteiger partial charge in [-0.25, -0.2) is 0 Å². The van der Waals surface area contributed by atoms with Gasteiger partial charge in [-0.3, -0.25) is 9.69 Å². The number of piperazine rings is 1. The summed E-state index contributed by atoms with van der Waals surface area (Å²) in [6, 6.07) is 16.2. The zero-order valence-corrected chi connectivity index (χ0v) is 16.6. The van der Waals surface area contributed by atoms with Gasteiger partial charge in [0.15, 0.2) is 0 Å². The first-order chi connectivity index (χ1) is 13.7. The monoisotopic (exact) mass is 379 g/mol. The molecule has 4 rings (SSSR count). The Morgan fingerprint density at radius 3 is 2.32 bits per heavy atom. The lowest BCUT2D eigenvalue weighted by Crippen LogP contribution is -2.51. The number of benzene rings is 2. The molecule has 2 aliphatic rings. The number of carbonyl (C=O) groups is 1. The standard InChI is InChI=1S/C23H29N3O2/c1-28-20-12-10-18(11-13-20)24-22-9-5-4-8-21(22)23(27)26-16-14-25(15-17-26)19-6-2-3-7-19/h4-5,8-13,19,24H,2-3,6-7,14-17H2,1H3. The molecule has 1 amide bonds. The van der Waals surface area contributed by atoms with E-state index >= 15 is 0 Å². The number of ether oxygens (including phenoxy) is 1. The molecule has 2 fully saturated rings. The van der Waals surface area contributed by atoms with Crippen LogP contribution in [-0.2, 0) is 0 Å². The lowest BCUT2D eigenvalue weighted by Gasteiger charge is -2.38. The second kappa shape index (κ2) is 8.65. The van der Waals surface area contributed by atoms with Gasteiger partial charge in [0, 0.05) is 37.9 Å². The van der Waals surface area contributed by atoms with Crippen LogP contribution < -0.4 is 10.1 Å². The van der Waals surface area contributed by atoms with E-state index in [2.05, 4.69) is 10.2 Å². The van der Waals surface area contributed by atoms with Gasteiger partial charge >= 0.3 is 0 Å². The highest BCUT2D eigenvalue weighted by molar-refractivity contribution is 6.00. The number of amides is 1. The van der Waals surface area contributed by atoms with Crippen molar-refractivity contribution in [1.29, 1.82) is 0 Å².